The van der Waals surface area contributed by atoms with Gasteiger partial charge in [-0.25, -0.2) is 9.18 Å². The molecule has 2 aromatic carbocycles. The number of carbonyl (C=O) groups is 1. The molecule has 0 radical (unpaired) electrons. The van der Waals surface area contributed by atoms with Crippen LogP contribution in [0.25, 0.3) is 0 Å². The number of carboxylic acids is 1. The summed E-state index contributed by atoms with van der Waals surface area (Å²) < 4.78 is 18.8. The molecule has 0 saturated heterocycles. The first kappa shape index (κ1) is 14.6. The van der Waals surface area contributed by atoms with Crippen LogP contribution < -0.4 is 4.74 Å². The van der Waals surface area contributed by atoms with Gasteiger partial charge in [0.05, 0.1) is 10.6 Å². The predicted octanol–water partition coefficient (Wildman–Crippen LogP) is 4.41. The van der Waals surface area contributed by atoms with Gasteiger partial charge in [0.2, 0.25) is 0 Å². The summed E-state index contributed by atoms with van der Waals surface area (Å²) in [5.41, 5.74) is 0.788. The number of benzene rings is 2. The van der Waals surface area contributed by atoms with Gasteiger partial charge in [0.25, 0.3) is 0 Å². The molecule has 0 atom stereocenters. The minimum absolute atomic E-state index is 0.0713. The molecule has 0 unspecified atom stereocenters. The Morgan fingerprint density at radius 3 is 2.70 bits per heavy atom. The molecule has 2 rings (SSSR count). The van der Waals surface area contributed by atoms with Crippen molar-refractivity contribution < 1.29 is 19.0 Å². The standard InChI is InChI=1S/C14H9Cl2FO3/c15-10-4-5-11(12(16)13(10)17)20-7-8-2-1-3-9(6-8)14(18)19/h1-6H,7H2,(H,18,19). The third kappa shape index (κ3) is 3.21. The van der Waals surface area contributed by atoms with E-state index in [0.29, 0.717) is 5.56 Å². The Bertz CT molecular complexity index is 659. The van der Waals surface area contributed by atoms with Gasteiger partial charge in [-0.2, -0.15) is 0 Å². The molecule has 0 saturated carbocycles. The molecule has 0 aromatic heterocycles. The lowest BCUT2D eigenvalue weighted by atomic mass is 10.1. The number of carboxylic acid groups (broad SMARTS) is 1. The molecule has 0 fully saturated rings. The topological polar surface area (TPSA) is 46.5 Å². The van der Waals surface area contributed by atoms with Crippen molar-refractivity contribution >= 4 is 29.2 Å². The first-order valence-corrected chi connectivity index (χ1v) is 6.33. The summed E-state index contributed by atoms with van der Waals surface area (Å²) in [5, 5.41) is 8.59. The lowest BCUT2D eigenvalue weighted by molar-refractivity contribution is 0.0696. The second-order valence-corrected chi connectivity index (χ2v) is 4.75. The van der Waals surface area contributed by atoms with E-state index in [1.54, 1.807) is 12.1 Å². The largest absolute Gasteiger partial charge is 0.487 e. The van der Waals surface area contributed by atoms with Crippen molar-refractivity contribution in [1.82, 2.24) is 0 Å². The molecular formula is C14H9Cl2FO3. The summed E-state index contributed by atoms with van der Waals surface area (Å²) in [6.07, 6.45) is 0. The number of ether oxygens (including phenoxy) is 1. The van der Waals surface area contributed by atoms with E-state index >= 15 is 0 Å². The quantitative estimate of drug-likeness (QED) is 0.850. The number of halogens is 3. The fourth-order valence-corrected chi connectivity index (χ4v) is 2.00. The average molecular weight is 315 g/mol. The first-order valence-electron chi connectivity index (χ1n) is 5.57. The van der Waals surface area contributed by atoms with Gasteiger partial charge in [0, 0.05) is 0 Å². The van der Waals surface area contributed by atoms with Crippen molar-refractivity contribution in [3.05, 3.63) is 63.4 Å². The van der Waals surface area contributed by atoms with Crippen LogP contribution in [0, 0.1) is 5.82 Å². The van der Waals surface area contributed by atoms with Crippen molar-refractivity contribution in [2.24, 2.45) is 0 Å². The maximum absolute atomic E-state index is 13.5. The number of aromatic carboxylic acids is 1. The summed E-state index contributed by atoms with van der Waals surface area (Å²) in [5.74, 6) is -1.62. The Morgan fingerprint density at radius 1 is 1.25 bits per heavy atom. The van der Waals surface area contributed by atoms with Gasteiger partial charge >= 0.3 is 5.97 Å². The van der Waals surface area contributed by atoms with E-state index in [2.05, 4.69) is 0 Å². The Balaban J connectivity index is 2.15. The Hall–Kier alpha value is -1.78. The molecule has 6 heteroatoms. The normalized spacial score (nSPS) is 10.3. The molecule has 0 amide bonds. The third-order valence-corrected chi connectivity index (χ3v) is 3.21. The number of hydrogen-bond donors (Lipinski definition) is 1. The first-order chi connectivity index (χ1) is 9.49. The van der Waals surface area contributed by atoms with E-state index in [4.69, 9.17) is 33.0 Å². The van der Waals surface area contributed by atoms with Gasteiger partial charge in [-0.15, -0.1) is 0 Å². The fourth-order valence-electron chi connectivity index (χ4n) is 1.57. The van der Waals surface area contributed by atoms with Crippen LogP contribution in [0.3, 0.4) is 0 Å². The smallest absolute Gasteiger partial charge is 0.335 e. The second kappa shape index (κ2) is 6.11. The van der Waals surface area contributed by atoms with Crippen LogP contribution in [-0.4, -0.2) is 11.1 Å². The molecule has 0 aliphatic heterocycles. The van der Waals surface area contributed by atoms with E-state index < -0.39 is 11.8 Å². The van der Waals surface area contributed by atoms with E-state index in [1.807, 2.05) is 0 Å². The molecule has 1 N–H and O–H groups in total. The van der Waals surface area contributed by atoms with Crippen LogP contribution >= 0.6 is 23.2 Å². The molecule has 2 aromatic rings. The van der Waals surface area contributed by atoms with Gasteiger partial charge in [-0.3, -0.25) is 0 Å². The van der Waals surface area contributed by atoms with Crippen LogP contribution in [0.2, 0.25) is 10.0 Å². The van der Waals surface area contributed by atoms with Crippen LogP contribution in [-0.2, 0) is 6.61 Å². The van der Waals surface area contributed by atoms with Crippen molar-refractivity contribution in [3.63, 3.8) is 0 Å². The Labute approximate surface area is 124 Å². The third-order valence-electron chi connectivity index (χ3n) is 2.57. The SMILES string of the molecule is O=C(O)c1cccc(COc2ccc(Cl)c(F)c2Cl)c1. The Morgan fingerprint density at radius 2 is 2.00 bits per heavy atom. The lowest BCUT2D eigenvalue weighted by Crippen LogP contribution is -2.01. The molecule has 0 spiro atoms. The molecule has 0 bridgehead atoms. The zero-order valence-electron chi connectivity index (χ0n) is 10.1. The number of rotatable bonds is 4. The molecular weight excluding hydrogens is 306 g/mol. The zero-order valence-corrected chi connectivity index (χ0v) is 11.6. The summed E-state index contributed by atoms with van der Waals surface area (Å²) in [4.78, 5) is 10.8. The number of hydrogen-bond acceptors (Lipinski definition) is 2. The van der Waals surface area contributed by atoms with Crippen LogP contribution in [0.1, 0.15) is 15.9 Å². The van der Waals surface area contributed by atoms with Crippen LogP contribution in [0.15, 0.2) is 36.4 Å². The highest BCUT2D eigenvalue weighted by Crippen LogP contribution is 2.32. The van der Waals surface area contributed by atoms with Gasteiger partial charge in [0.1, 0.15) is 17.4 Å². The minimum atomic E-state index is -1.03. The van der Waals surface area contributed by atoms with E-state index in [0.717, 1.165) is 0 Å². The van der Waals surface area contributed by atoms with Gasteiger partial charge < -0.3 is 9.84 Å². The summed E-state index contributed by atoms with van der Waals surface area (Å²) in [7, 11) is 0. The summed E-state index contributed by atoms with van der Waals surface area (Å²) >= 11 is 11.3. The second-order valence-electron chi connectivity index (χ2n) is 3.97. The maximum Gasteiger partial charge on any atom is 0.335 e. The van der Waals surface area contributed by atoms with E-state index in [9.17, 15) is 9.18 Å². The van der Waals surface area contributed by atoms with Gasteiger partial charge in [-0.1, -0.05) is 35.3 Å². The fraction of sp³-hybridized carbons (Fsp3) is 0.0714. The highest BCUT2D eigenvalue weighted by Gasteiger charge is 2.11. The van der Waals surface area contributed by atoms with E-state index in [1.165, 1.54) is 24.3 Å². The lowest BCUT2D eigenvalue weighted by Gasteiger charge is -2.09. The molecule has 0 aliphatic rings. The zero-order chi connectivity index (χ0) is 14.7. The molecule has 20 heavy (non-hydrogen) atoms. The molecule has 0 aliphatic carbocycles. The minimum Gasteiger partial charge on any atom is -0.487 e. The highest BCUT2D eigenvalue weighted by atomic mass is 35.5. The summed E-state index contributed by atoms with van der Waals surface area (Å²) in [6, 6.07) is 9.04. The van der Waals surface area contributed by atoms with E-state index in [-0.39, 0.29) is 28.0 Å². The highest BCUT2D eigenvalue weighted by molar-refractivity contribution is 6.35. The van der Waals surface area contributed by atoms with Crippen molar-refractivity contribution in [2.45, 2.75) is 6.61 Å². The molecule has 104 valence electrons. The van der Waals surface area contributed by atoms with Crippen molar-refractivity contribution in [3.8, 4) is 5.75 Å². The predicted molar refractivity (Wildman–Crippen MR) is 74.2 cm³/mol. The summed E-state index contributed by atoms with van der Waals surface area (Å²) in [6.45, 7) is 0.0713. The van der Waals surface area contributed by atoms with Crippen LogP contribution in [0.4, 0.5) is 4.39 Å². The monoisotopic (exact) mass is 314 g/mol. The molecule has 0 heterocycles. The maximum atomic E-state index is 13.5. The van der Waals surface area contributed by atoms with Gasteiger partial charge in [0.15, 0.2) is 5.82 Å². The van der Waals surface area contributed by atoms with Gasteiger partial charge in [-0.05, 0) is 29.8 Å². The van der Waals surface area contributed by atoms with Crippen molar-refractivity contribution in [1.29, 1.82) is 0 Å². The Kier molecular flexibility index (Phi) is 4.47. The molecule has 3 nitrogen and oxygen atoms in total. The van der Waals surface area contributed by atoms with Crippen molar-refractivity contribution in [2.75, 3.05) is 0 Å². The average Bonchev–Trinajstić information content (AvgIpc) is 2.44. The van der Waals surface area contributed by atoms with Crippen LogP contribution in [0.5, 0.6) is 5.75 Å².